The summed E-state index contributed by atoms with van der Waals surface area (Å²) >= 11 is 0. The summed E-state index contributed by atoms with van der Waals surface area (Å²) in [4.78, 5) is 32.5. The van der Waals surface area contributed by atoms with Gasteiger partial charge in [-0.05, 0) is 30.3 Å². The molecule has 0 saturated carbocycles. The zero-order valence-electron chi connectivity index (χ0n) is 11.2. The molecule has 0 aromatic heterocycles. The monoisotopic (exact) mass is 301 g/mol. The quantitative estimate of drug-likeness (QED) is 0.508. The van der Waals surface area contributed by atoms with Gasteiger partial charge in [-0.3, -0.25) is 25.0 Å². The molecule has 2 rings (SSSR count). The molecule has 2 N–H and O–H groups in total. The lowest BCUT2D eigenvalue weighted by Crippen LogP contribution is -2.44. The molecule has 0 fully saturated rings. The van der Waals surface area contributed by atoms with Gasteiger partial charge in [0.05, 0.1) is 0 Å². The third kappa shape index (κ3) is 2.26. The lowest BCUT2D eigenvalue weighted by atomic mass is 9.91. The maximum atomic E-state index is 11.6. The molecule has 8 heteroatoms. The van der Waals surface area contributed by atoms with Crippen molar-refractivity contribution in [2.45, 2.75) is 5.66 Å². The van der Waals surface area contributed by atoms with Crippen molar-refractivity contribution in [2.24, 2.45) is 5.73 Å². The normalized spacial score (nSPS) is 10.9. The van der Waals surface area contributed by atoms with Crippen LogP contribution < -0.4 is 5.73 Å². The van der Waals surface area contributed by atoms with Gasteiger partial charge in [0.2, 0.25) is 5.91 Å². The fourth-order valence-electron chi connectivity index (χ4n) is 2.21. The lowest BCUT2D eigenvalue weighted by Gasteiger charge is -2.18. The highest BCUT2D eigenvalue weighted by molar-refractivity contribution is 5.92. The van der Waals surface area contributed by atoms with Crippen LogP contribution in [0.2, 0.25) is 0 Å². The van der Waals surface area contributed by atoms with Gasteiger partial charge in [-0.2, -0.15) is 0 Å². The summed E-state index contributed by atoms with van der Waals surface area (Å²) < 4.78 is 0. The van der Waals surface area contributed by atoms with Crippen molar-refractivity contribution in [3.8, 4) is 0 Å². The lowest BCUT2D eigenvalue weighted by molar-refractivity contribution is -0.796. The molecule has 2 aromatic carbocycles. The van der Waals surface area contributed by atoms with Crippen LogP contribution in [0.25, 0.3) is 0 Å². The summed E-state index contributed by atoms with van der Waals surface area (Å²) in [5.41, 5.74) is 2.03. The van der Waals surface area contributed by atoms with Crippen LogP contribution in [0, 0.1) is 20.2 Å². The van der Waals surface area contributed by atoms with Gasteiger partial charge in [0.15, 0.2) is 0 Å². The average Bonchev–Trinajstić information content (AvgIpc) is 2.48. The Kier molecular flexibility index (Phi) is 3.85. The molecule has 0 unspecified atom stereocenters. The molecule has 8 nitrogen and oxygen atoms in total. The number of nitrogens with two attached hydrogens (primary N) is 1. The smallest absolute Gasteiger partial charge is 0.366 e. The van der Waals surface area contributed by atoms with E-state index in [4.69, 9.17) is 5.73 Å². The van der Waals surface area contributed by atoms with Gasteiger partial charge in [-0.1, -0.05) is 24.3 Å². The van der Waals surface area contributed by atoms with Crippen molar-refractivity contribution in [3.05, 3.63) is 91.5 Å². The van der Waals surface area contributed by atoms with E-state index in [9.17, 15) is 25.0 Å². The first kappa shape index (κ1) is 15.1. The Morgan fingerprint density at radius 3 is 1.95 bits per heavy atom. The number of carbonyl (C=O) groups excluding carboxylic acids is 1. The average molecular weight is 301 g/mol. The standard InChI is InChI=1S/C14H11N3O5/c15-13(18)10-5-4-8-12(9-10)14(16(19)20,17(21)22)11-6-2-1-3-7-11/h1-9H,(H2,15,18). The molecule has 1 amide bonds. The Hall–Kier alpha value is -3.29. The van der Waals surface area contributed by atoms with Crippen molar-refractivity contribution in [1.82, 2.24) is 0 Å². The van der Waals surface area contributed by atoms with Crippen LogP contribution in [0.4, 0.5) is 0 Å². The number of nitro groups is 2. The second-order valence-electron chi connectivity index (χ2n) is 4.50. The van der Waals surface area contributed by atoms with Gasteiger partial charge < -0.3 is 5.73 Å². The SMILES string of the molecule is NC(=O)c1cccc(C(c2ccccc2)([N+](=O)[O-])[N+](=O)[O-])c1. The van der Waals surface area contributed by atoms with Crippen LogP contribution in [-0.4, -0.2) is 15.8 Å². The van der Waals surface area contributed by atoms with Crippen molar-refractivity contribution in [1.29, 1.82) is 0 Å². The van der Waals surface area contributed by atoms with Gasteiger partial charge in [-0.15, -0.1) is 0 Å². The Bertz CT molecular complexity index is 731. The number of benzene rings is 2. The van der Waals surface area contributed by atoms with E-state index in [1.54, 1.807) is 6.07 Å². The van der Waals surface area contributed by atoms with E-state index in [0.29, 0.717) is 0 Å². The molecular weight excluding hydrogens is 290 g/mol. The number of amides is 1. The third-order valence-electron chi connectivity index (χ3n) is 3.25. The summed E-state index contributed by atoms with van der Waals surface area (Å²) in [6, 6.07) is 12.1. The fraction of sp³-hybridized carbons (Fsp3) is 0.0714. The molecule has 112 valence electrons. The third-order valence-corrected chi connectivity index (χ3v) is 3.25. The number of rotatable bonds is 5. The van der Waals surface area contributed by atoms with E-state index in [2.05, 4.69) is 0 Å². The molecule has 0 bridgehead atoms. The van der Waals surface area contributed by atoms with E-state index in [-0.39, 0.29) is 16.7 Å². The largest absolute Gasteiger partial charge is 0.510 e. The molecule has 0 aliphatic carbocycles. The summed E-state index contributed by atoms with van der Waals surface area (Å²) in [5.74, 6) is -0.824. The molecule has 0 radical (unpaired) electrons. The van der Waals surface area contributed by atoms with E-state index in [1.807, 2.05) is 0 Å². The summed E-state index contributed by atoms with van der Waals surface area (Å²) in [6.07, 6.45) is 0. The predicted molar refractivity (Wildman–Crippen MR) is 76.2 cm³/mol. The van der Waals surface area contributed by atoms with Crippen LogP contribution in [-0.2, 0) is 5.66 Å². The van der Waals surface area contributed by atoms with Gasteiger partial charge >= 0.3 is 5.66 Å². The molecule has 0 spiro atoms. The van der Waals surface area contributed by atoms with Crippen molar-refractivity contribution < 1.29 is 14.6 Å². The second-order valence-corrected chi connectivity index (χ2v) is 4.50. The number of carbonyl (C=O) groups is 1. The fourth-order valence-corrected chi connectivity index (χ4v) is 2.21. The van der Waals surface area contributed by atoms with Crippen molar-refractivity contribution in [3.63, 3.8) is 0 Å². The first-order valence-corrected chi connectivity index (χ1v) is 6.15. The minimum Gasteiger partial charge on any atom is -0.366 e. The summed E-state index contributed by atoms with van der Waals surface area (Å²) in [7, 11) is 0. The number of nitrogens with zero attached hydrogens (tertiary/aromatic N) is 2. The zero-order valence-corrected chi connectivity index (χ0v) is 11.2. The first-order valence-electron chi connectivity index (χ1n) is 6.15. The molecule has 0 saturated heterocycles. The number of primary amides is 1. The Balaban J connectivity index is 2.80. The van der Waals surface area contributed by atoms with E-state index >= 15 is 0 Å². The first-order chi connectivity index (χ1) is 10.4. The molecular formula is C14H11N3O5. The van der Waals surface area contributed by atoms with Gasteiger partial charge in [0, 0.05) is 5.56 Å². The van der Waals surface area contributed by atoms with E-state index in [1.165, 1.54) is 42.5 Å². The maximum Gasteiger partial charge on any atom is 0.510 e. The molecule has 2 aromatic rings. The Morgan fingerprint density at radius 2 is 1.45 bits per heavy atom. The second kappa shape index (κ2) is 5.60. The zero-order chi connectivity index (χ0) is 16.3. The Labute approximate surface area is 124 Å². The highest BCUT2D eigenvalue weighted by atomic mass is 16.7. The number of hydrogen-bond donors (Lipinski definition) is 1. The van der Waals surface area contributed by atoms with Crippen LogP contribution in [0.3, 0.4) is 0 Å². The van der Waals surface area contributed by atoms with E-state index < -0.39 is 21.4 Å². The molecule has 0 atom stereocenters. The van der Waals surface area contributed by atoms with Gasteiger partial charge in [0.25, 0.3) is 0 Å². The highest BCUT2D eigenvalue weighted by Crippen LogP contribution is 2.34. The highest BCUT2D eigenvalue weighted by Gasteiger charge is 2.60. The summed E-state index contributed by atoms with van der Waals surface area (Å²) in [6.45, 7) is 0. The van der Waals surface area contributed by atoms with Gasteiger partial charge in [0.1, 0.15) is 21.0 Å². The molecule has 0 heterocycles. The molecule has 0 aliphatic rings. The molecule has 22 heavy (non-hydrogen) atoms. The van der Waals surface area contributed by atoms with Crippen molar-refractivity contribution >= 4 is 5.91 Å². The number of hydrogen-bond acceptors (Lipinski definition) is 5. The van der Waals surface area contributed by atoms with Crippen LogP contribution in [0.1, 0.15) is 21.5 Å². The minimum absolute atomic E-state index is 0.0403. The maximum absolute atomic E-state index is 11.6. The topological polar surface area (TPSA) is 129 Å². The van der Waals surface area contributed by atoms with Gasteiger partial charge in [-0.25, -0.2) is 0 Å². The Morgan fingerprint density at radius 1 is 0.909 bits per heavy atom. The predicted octanol–water partition coefficient (Wildman–Crippen LogP) is 1.54. The minimum atomic E-state index is -2.70. The van der Waals surface area contributed by atoms with E-state index in [0.717, 1.165) is 6.07 Å². The van der Waals surface area contributed by atoms with Crippen molar-refractivity contribution in [2.75, 3.05) is 0 Å². The van der Waals surface area contributed by atoms with Crippen LogP contribution in [0.15, 0.2) is 54.6 Å². The van der Waals surface area contributed by atoms with Crippen LogP contribution >= 0.6 is 0 Å². The summed E-state index contributed by atoms with van der Waals surface area (Å²) in [5, 5.41) is 23.2. The molecule has 0 aliphatic heterocycles. The van der Waals surface area contributed by atoms with Crippen LogP contribution in [0.5, 0.6) is 0 Å².